The molecular formula is C25H26N2O6S. The molecule has 1 aliphatic rings. The summed E-state index contributed by atoms with van der Waals surface area (Å²) in [4.78, 5) is 50.5. The maximum absolute atomic E-state index is 12.6. The van der Waals surface area contributed by atoms with Crippen molar-refractivity contribution in [3.8, 4) is 0 Å². The van der Waals surface area contributed by atoms with Gasteiger partial charge in [-0.1, -0.05) is 49.9 Å². The van der Waals surface area contributed by atoms with Gasteiger partial charge in [-0.15, -0.1) is 0 Å². The molecule has 0 radical (unpaired) electrons. The SMILES string of the molecule is COC(=O)C1CN(C(=O)/C=C/c2ccc(Sc3ccccc3C(C)C)c([N+](=O)[O-])c2)CCC1=O. The summed E-state index contributed by atoms with van der Waals surface area (Å²) < 4.78 is 4.65. The largest absolute Gasteiger partial charge is 0.468 e. The molecule has 2 aromatic carbocycles. The topological polar surface area (TPSA) is 107 Å². The molecule has 0 saturated carbocycles. The second kappa shape index (κ2) is 11.1. The Balaban J connectivity index is 1.78. The van der Waals surface area contributed by atoms with Gasteiger partial charge in [0.25, 0.3) is 5.69 Å². The fourth-order valence-corrected chi connectivity index (χ4v) is 4.87. The number of rotatable bonds is 7. The Morgan fingerprint density at radius 2 is 1.94 bits per heavy atom. The summed E-state index contributed by atoms with van der Waals surface area (Å²) in [5.74, 6) is -1.99. The van der Waals surface area contributed by atoms with Crippen LogP contribution in [0.2, 0.25) is 0 Å². The van der Waals surface area contributed by atoms with E-state index >= 15 is 0 Å². The Morgan fingerprint density at radius 3 is 2.62 bits per heavy atom. The number of likely N-dealkylation sites (tertiary alicyclic amines) is 1. The predicted octanol–water partition coefficient (Wildman–Crippen LogP) is 4.47. The number of ketones is 1. The van der Waals surface area contributed by atoms with E-state index in [4.69, 9.17) is 0 Å². The van der Waals surface area contributed by atoms with Crippen LogP contribution < -0.4 is 0 Å². The van der Waals surface area contributed by atoms with Crippen molar-refractivity contribution < 1.29 is 24.0 Å². The van der Waals surface area contributed by atoms with Crippen LogP contribution >= 0.6 is 11.8 Å². The van der Waals surface area contributed by atoms with E-state index in [1.165, 1.54) is 42.0 Å². The summed E-state index contributed by atoms with van der Waals surface area (Å²) in [6.07, 6.45) is 2.87. The molecule has 1 fully saturated rings. The summed E-state index contributed by atoms with van der Waals surface area (Å²) in [7, 11) is 1.20. The standard InChI is InChI=1S/C25H26N2O6S/c1-16(2)18-6-4-5-7-22(18)34-23-10-8-17(14-20(23)27(31)32)9-11-24(29)26-13-12-21(28)19(15-26)25(30)33-3/h4-11,14,16,19H,12-13,15H2,1-3H3/b11-9+. The van der Waals surface area contributed by atoms with E-state index in [1.807, 2.05) is 24.3 Å². The summed E-state index contributed by atoms with van der Waals surface area (Å²) in [6, 6.07) is 12.6. The number of ether oxygens (including phenoxy) is 1. The van der Waals surface area contributed by atoms with Gasteiger partial charge in [-0.05, 0) is 35.3 Å². The van der Waals surface area contributed by atoms with Crippen molar-refractivity contribution in [2.24, 2.45) is 5.92 Å². The number of amides is 1. The third kappa shape index (κ3) is 5.91. The molecule has 0 spiro atoms. The number of esters is 1. The van der Waals surface area contributed by atoms with Crippen LogP contribution in [-0.2, 0) is 19.1 Å². The van der Waals surface area contributed by atoms with Gasteiger partial charge >= 0.3 is 5.97 Å². The summed E-state index contributed by atoms with van der Waals surface area (Å²) in [6.45, 7) is 4.31. The van der Waals surface area contributed by atoms with Crippen LogP contribution in [0.3, 0.4) is 0 Å². The highest BCUT2D eigenvalue weighted by atomic mass is 32.2. The zero-order valence-electron chi connectivity index (χ0n) is 19.2. The van der Waals surface area contributed by atoms with E-state index < -0.39 is 16.8 Å². The number of carbonyl (C=O) groups is 3. The van der Waals surface area contributed by atoms with Gasteiger partial charge in [0.1, 0.15) is 5.92 Å². The molecule has 8 nitrogen and oxygen atoms in total. The maximum Gasteiger partial charge on any atom is 0.318 e. The first-order valence-electron chi connectivity index (χ1n) is 10.8. The van der Waals surface area contributed by atoms with Gasteiger partial charge < -0.3 is 9.64 Å². The highest BCUT2D eigenvalue weighted by molar-refractivity contribution is 7.99. The zero-order chi connectivity index (χ0) is 24.8. The molecule has 1 aliphatic heterocycles. The second-order valence-corrected chi connectivity index (χ2v) is 9.27. The Labute approximate surface area is 202 Å². The Morgan fingerprint density at radius 1 is 1.21 bits per heavy atom. The molecule has 0 aromatic heterocycles. The fourth-order valence-electron chi connectivity index (χ4n) is 3.69. The molecule has 9 heteroatoms. The third-order valence-corrected chi connectivity index (χ3v) is 6.73. The summed E-state index contributed by atoms with van der Waals surface area (Å²) in [5.41, 5.74) is 1.56. The lowest BCUT2D eigenvalue weighted by Gasteiger charge is -2.29. The van der Waals surface area contributed by atoms with Crippen LogP contribution in [0.4, 0.5) is 5.69 Å². The summed E-state index contributed by atoms with van der Waals surface area (Å²) >= 11 is 1.34. The van der Waals surface area contributed by atoms with Crippen molar-refractivity contribution in [1.82, 2.24) is 4.90 Å². The highest BCUT2D eigenvalue weighted by Gasteiger charge is 2.34. The molecule has 1 unspecified atom stereocenters. The number of Topliss-reactive ketones (excluding diaryl/α,β-unsaturated/α-hetero) is 1. The van der Waals surface area contributed by atoms with Crippen LogP contribution in [0.5, 0.6) is 0 Å². The molecule has 1 heterocycles. The quantitative estimate of drug-likeness (QED) is 0.188. The second-order valence-electron chi connectivity index (χ2n) is 8.19. The highest BCUT2D eigenvalue weighted by Crippen LogP contribution is 2.39. The van der Waals surface area contributed by atoms with E-state index in [2.05, 4.69) is 18.6 Å². The molecule has 178 valence electrons. The van der Waals surface area contributed by atoms with Crippen LogP contribution in [0, 0.1) is 16.0 Å². The first-order valence-corrected chi connectivity index (χ1v) is 11.7. The lowest BCUT2D eigenvalue weighted by molar-refractivity contribution is -0.387. The van der Waals surface area contributed by atoms with Gasteiger partial charge in [-0.25, -0.2) is 0 Å². The number of carbonyl (C=O) groups excluding carboxylic acids is 3. The van der Waals surface area contributed by atoms with Gasteiger partial charge in [0, 0.05) is 36.5 Å². The predicted molar refractivity (Wildman–Crippen MR) is 128 cm³/mol. The van der Waals surface area contributed by atoms with Crippen LogP contribution in [-0.4, -0.2) is 47.7 Å². The molecular weight excluding hydrogens is 456 g/mol. The first kappa shape index (κ1) is 25.2. The maximum atomic E-state index is 12.6. The van der Waals surface area contributed by atoms with Crippen LogP contribution in [0.1, 0.15) is 37.3 Å². The van der Waals surface area contributed by atoms with Crippen molar-refractivity contribution in [3.63, 3.8) is 0 Å². The summed E-state index contributed by atoms with van der Waals surface area (Å²) in [5, 5.41) is 11.7. The molecule has 1 atom stereocenters. The smallest absolute Gasteiger partial charge is 0.318 e. The number of hydrogen-bond donors (Lipinski definition) is 0. The average Bonchev–Trinajstić information content (AvgIpc) is 2.83. The van der Waals surface area contributed by atoms with Crippen molar-refractivity contribution in [3.05, 3.63) is 69.8 Å². The Hall–Kier alpha value is -3.46. The number of benzene rings is 2. The van der Waals surface area contributed by atoms with Crippen LogP contribution in [0.15, 0.2) is 58.3 Å². The van der Waals surface area contributed by atoms with E-state index in [0.29, 0.717) is 10.5 Å². The lowest BCUT2D eigenvalue weighted by Crippen LogP contribution is -2.46. The van der Waals surface area contributed by atoms with Crippen molar-refractivity contribution in [2.75, 3.05) is 20.2 Å². The minimum Gasteiger partial charge on any atom is -0.468 e. The minimum absolute atomic E-state index is 0.0420. The number of nitrogens with zero attached hydrogens (tertiary/aromatic N) is 2. The number of nitro benzene ring substituents is 1. The van der Waals surface area contributed by atoms with E-state index in [1.54, 1.807) is 12.1 Å². The molecule has 0 N–H and O–H groups in total. The van der Waals surface area contributed by atoms with Gasteiger partial charge in [-0.2, -0.15) is 0 Å². The first-order chi connectivity index (χ1) is 16.2. The number of methoxy groups -OCH3 is 1. The molecule has 2 aromatic rings. The van der Waals surface area contributed by atoms with Crippen molar-refractivity contribution in [2.45, 2.75) is 36.0 Å². The zero-order valence-corrected chi connectivity index (χ0v) is 20.0. The third-order valence-electron chi connectivity index (χ3n) is 5.58. The van der Waals surface area contributed by atoms with Crippen molar-refractivity contribution in [1.29, 1.82) is 0 Å². The lowest BCUT2D eigenvalue weighted by atomic mass is 9.96. The number of nitro groups is 1. The van der Waals surface area contributed by atoms with Gasteiger partial charge in [0.05, 0.1) is 16.9 Å². The molecule has 1 saturated heterocycles. The molecule has 34 heavy (non-hydrogen) atoms. The average molecular weight is 483 g/mol. The van der Waals surface area contributed by atoms with Gasteiger partial charge in [0.15, 0.2) is 5.78 Å². The molecule has 3 rings (SSSR count). The fraction of sp³-hybridized carbons (Fsp3) is 0.320. The molecule has 1 amide bonds. The van der Waals surface area contributed by atoms with E-state index in [-0.39, 0.29) is 42.8 Å². The Bertz CT molecular complexity index is 1140. The van der Waals surface area contributed by atoms with Gasteiger partial charge in [0.2, 0.25) is 5.91 Å². The molecule has 0 aliphatic carbocycles. The minimum atomic E-state index is -0.984. The normalized spacial score (nSPS) is 16.2. The number of piperidine rings is 1. The van der Waals surface area contributed by atoms with Gasteiger partial charge in [-0.3, -0.25) is 24.5 Å². The number of hydrogen-bond acceptors (Lipinski definition) is 7. The Kier molecular flexibility index (Phi) is 8.22. The van der Waals surface area contributed by atoms with E-state index in [9.17, 15) is 24.5 Å². The van der Waals surface area contributed by atoms with Crippen molar-refractivity contribution >= 4 is 41.2 Å². The van der Waals surface area contributed by atoms with Crippen LogP contribution in [0.25, 0.3) is 6.08 Å². The van der Waals surface area contributed by atoms with E-state index in [0.717, 1.165) is 10.5 Å². The monoisotopic (exact) mass is 482 g/mol. The molecule has 0 bridgehead atoms.